The quantitative estimate of drug-likeness (QED) is 0.633. The number of hydrogen-bond acceptors (Lipinski definition) is 4. The summed E-state index contributed by atoms with van der Waals surface area (Å²) in [5.41, 5.74) is 4.53. The minimum Gasteiger partial charge on any atom is -0.465 e. The van der Waals surface area contributed by atoms with Crippen molar-refractivity contribution in [2.24, 2.45) is 0 Å². The van der Waals surface area contributed by atoms with Crippen molar-refractivity contribution in [3.8, 4) is 0 Å². The molecule has 0 amide bonds. The van der Waals surface area contributed by atoms with Gasteiger partial charge in [0.2, 0.25) is 0 Å². The summed E-state index contributed by atoms with van der Waals surface area (Å²) < 4.78 is 4.95. The molecule has 1 aromatic heterocycles. The number of thioether (sulfide) groups is 1. The van der Waals surface area contributed by atoms with E-state index in [9.17, 15) is 4.79 Å². The second-order valence-electron chi connectivity index (χ2n) is 4.78. The van der Waals surface area contributed by atoms with E-state index < -0.39 is 0 Å². The van der Waals surface area contributed by atoms with Crippen LogP contribution in [0.3, 0.4) is 0 Å². The molecule has 1 heterocycles. The van der Waals surface area contributed by atoms with Crippen molar-refractivity contribution in [1.82, 2.24) is 4.98 Å². The van der Waals surface area contributed by atoms with Gasteiger partial charge >= 0.3 is 5.97 Å². The summed E-state index contributed by atoms with van der Waals surface area (Å²) in [7, 11) is 0. The SMILES string of the molecule is CCOC(=O)CSc1nc2c(C)c(C)ccc2cc1C. The zero-order valence-corrected chi connectivity index (χ0v) is 13.1. The fourth-order valence-electron chi connectivity index (χ4n) is 2.05. The topological polar surface area (TPSA) is 39.2 Å². The van der Waals surface area contributed by atoms with Crippen LogP contribution in [-0.4, -0.2) is 23.3 Å². The molecule has 2 rings (SSSR count). The number of rotatable bonds is 4. The van der Waals surface area contributed by atoms with Gasteiger partial charge in [-0.3, -0.25) is 4.79 Å². The third-order valence-electron chi connectivity index (χ3n) is 3.29. The Hall–Kier alpha value is -1.55. The second kappa shape index (κ2) is 6.27. The number of nitrogens with zero attached hydrogens (tertiary/aromatic N) is 1. The number of hydrogen-bond donors (Lipinski definition) is 0. The van der Waals surface area contributed by atoms with E-state index >= 15 is 0 Å². The molecule has 0 unspecified atom stereocenters. The molecule has 0 saturated heterocycles. The molecule has 0 aliphatic carbocycles. The third-order valence-corrected chi connectivity index (χ3v) is 4.35. The highest BCUT2D eigenvalue weighted by molar-refractivity contribution is 7.99. The molecule has 4 heteroatoms. The summed E-state index contributed by atoms with van der Waals surface area (Å²) in [5.74, 6) is 0.109. The number of pyridine rings is 1. The number of carbonyl (C=O) groups excluding carboxylic acids is 1. The molecule has 20 heavy (non-hydrogen) atoms. The van der Waals surface area contributed by atoms with Crippen molar-refractivity contribution in [2.75, 3.05) is 12.4 Å². The van der Waals surface area contributed by atoms with Crippen LogP contribution in [0.15, 0.2) is 23.2 Å². The molecule has 0 saturated carbocycles. The first kappa shape index (κ1) is 14.9. The number of aryl methyl sites for hydroxylation is 3. The average Bonchev–Trinajstić information content (AvgIpc) is 2.42. The lowest BCUT2D eigenvalue weighted by molar-refractivity contribution is -0.139. The average molecular weight is 289 g/mol. The Labute approximate surface area is 123 Å². The predicted molar refractivity (Wildman–Crippen MR) is 83.3 cm³/mol. The summed E-state index contributed by atoms with van der Waals surface area (Å²) in [6.45, 7) is 8.42. The van der Waals surface area contributed by atoms with Crippen LogP contribution in [-0.2, 0) is 9.53 Å². The number of aromatic nitrogens is 1. The minimum atomic E-state index is -0.195. The first-order chi connectivity index (χ1) is 9.52. The van der Waals surface area contributed by atoms with E-state index in [4.69, 9.17) is 9.72 Å². The minimum absolute atomic E-state index is 0.195. The number of ether oxygens (including phenoxy) is 1. The third kappa shape index (κ3) is 3.12. The van der Waals surface area contributed by atoms with Crippen molar-refractivity contribution in [1.29, 1.82) is 0 Å². The molecule has 106 valence electrons. The maximum atomic E-state index is 11.4. The van der Waals surface area contributed by atoms with Crippen molar-refractivity contribution in [3.05, 3.63) is 34.9 Å². The summed E-state index contributed by atoms with van der Waals surface area (Å²) >= 11 is 1.44. The Morgan fingerprint density at radius 1 is 1.25 bits per heavy atom. The van der Waals surface area contributed by atoms with E-state index in [0.717, 1.165) is 21.5 Å². The molecule has 0 spiro atoms. The van der Waals surface area contributed by atoms with Gasteiger partial charge in [-0.25, -0.2) is 4.98 Å². The van der Waals surface area contributed by atoms with E-state index in [-0.39, 0.29) is 5.97 Å². The molecule has 3 nitrogen and oxygen atoms in total. The highest BCUT2D eigenvalue weighted by atomic mass is 32.2. The molecule has 0 fully saturated rings. The lowest BCUT2D eigenvalue weighted by Crippen LogP contribution is -2.07. The van der Waals surface area contributed by atoms with Gasteiger partial charge in [-0.15, -0.1) is 0 Å². The summed E-state index contributed by atoms with van der Waals surface area (Å²) in [5, 5.41) is 2.05. The van der Waals surface area contributed by atoms with Gasteiger partial charge in [0.25, 0.3) is 0 Å². The smallest absolute Gasteiger partial charge is 0.316 e. The molecule has 0 aliphatic heterocycles. The van der Waals surface area contributed by atoms with Gasteiger partial charge in [0, 0.05) is 5.39 Å². The Morgan fingerprint density at radius 2 is 2.00 bits per heavy atom. The first-order valence-electron chi connectivity index (χ1n) is 6.69. The molecule has 0 atom stereocenters. The Kier molecular flexibility index (Phi) is 4.65. The van der Waals surface area contributed by atoms with Gasteiger partial charge in [-0.05, 0) is 50.5 Å². The molecule has 2 aromatic rings. The van der Waals surface area contributed by atoms with Gasteiger partial charge in [0.1, 0.15) is 5.03 Å². The standard InChI is InChI=1S/C16H19NO2S/c1-5-19-14(18)9-20-16-11(3)8-13-7-6-10(2)12(4)15(13)17-16/h6-8H,5,9H2,1-4H3. The van der Waals surface area contributed by atoms with Crippen LogP contribution in [0.25, 0.3) is 10.9 Å². The maximum Gasteiger partial charge on any atom is 0.316 e. The van der Waals surface area contributed by atoms with E-state index in [2.05, 4.69) is 32.0 Å². The summed E-state index contributed by atoms with van der Waals surface area (Å²) in [6.07, 6.45) is 0. The van der Waals surface area contributed by atoms with Gasteiger partial charge in [0.05, 0.1) is 17.9 Å². The van der Waals surface area contributed by atoms with Crippen molar-refractivity contribution < 1.29 is 9.53 Å². The Morgan fingerprint density at radius 3 is 2.70 bits per heavy atom. The predicted octanol–water partition coefficient (Wildman–Crippen LogP) is 3.82. The van der Waals surface area contributed by atoms with Gasteiger partial charge in [-0.2, -0.15) is 0 Å². The second-order valence-corrected chi connectivity index (χ2v) is 5.75. The fourth-order valence-corrected chi connectivity index (χ4v) is 2.83. The molecule has 0 aliphatic rings. The van der Waals surface area contributed by atoms with Crippen LogP contribution in [0.2, 0.25) is 0 Å². The normalized spacial score (nSPS) is 10.8. The van der Waals surface area contributed by atoms with Crippen LogP contribution in [0.5, 0.6) is 0 Å². The number of esters is 1. The van der Waals surface area contributed by atoms with E-state index in [1.165, 1.54) is 22.9 Å². The Bertz CT molecular complexity index is 652. The molecule has 0 bridgehead atoms. The van der Waals surface area contributed by atoms with Crippen LogP contribution >= 0.6 is 11.8 Å². The summed E-state index contributed by atoms with van der Waals surface area (Å²) in [4.78, 5) is 16.2. The maximum absolute atomic E-state index is 11.4. The van der Waals surface area contributed by atoms with Crippen molar-refractivity contribution in [2.45, 2.75) is 32.7 Å². The Balaban J connectivity index is 2.32. The van der Waals surface area contributed by atoms with E-state index in [1.807, 2.05) is 13.8 Å². The van der Waals surface area contributed by atoms with E-state index in [1.54, 1.807) is 0 Å². The first-order valence-corrected chi connectivity index (χ1v) is 7.67. The zero-order valence-electron chi connectivity index (χ0n) is 12.3. The fraction of sp³-hybridized carbons (Fsp3) is 0.375. The van der Waals surface area contributed by atoms with Crippen LogP contribution in [0.4, 0.5) is 0 Å². The lowest BCUT2D eigenvalue weighted by atomic mass is 10.0. The molecular formula is C16H19NO2S. The number of benzene rings is 1. The van der Waals surface area contributed by atoms with Crippen LogP contribution in [0, 0.1) is 20.8 Å². The van der Waals surface area contributed by atoms with E-state index in [0.29, 0.717) is 12.4 Å². The van der Waals surface area contributed by atoms with Gasteiger partial charge < -0.3 is 4.74 Å². The zero-order chi connectivity index (χ0) is 14.7. The highest BCUT2D eigenvalue weighted by Crippen LogP contribution is 2.27. The number of fused-ring (bicyclic) bond motifs is 1. The highest BCUT2D eigenvalue weighted by Gasteiger charge is 2.10. The largest absolute Gasteiger partial charge is 0.465 e. The number of carbonyl (C=O) groups is 1. The van der Waals surface area contributed by atoms with Crippen LogP contribution in [0.1, 0.15) is 23.6 Å². The monoisotopic (exact) mass is 289 g/mol. The molecule has 0 radical (unpaired) electrons. The van der Waals surface area contributed by atoms with Crippen molar-refractivity contribution >= 4 is 28.6 Å². The van der Waals surface area contributed by atoms with Crippen LogP contribution < -0.4 is 0 Å². The molecular weight excluding hydrogens is 270 g/mol. The lowest BCUT2D eigenvalue weighted by Gasteiger charge is -2.10. The molecule has 1 aromatic carbocycles. The molecule has 0 N–H and O–H groups in total. The van der Waals surface area contributed by atoms with Gasteiger partial charge in [0.15, 0.2) is 0 Å². The summed E-state index contributed by atoms with van der Waals surface area (Å²) in [6, 6.07) is 6.34. The van der Waals surface area contributed by atoms with Crippen molar-refractivity contribution in [3.63, 3.8) is 0 Å². The van der Waals surface area contributed by atoms with Gasteiger partial charge in [-0.1, -0.05) is 23.9 Å².